The van der Waals surface area contributed by atoms with E-state index < -0.39 is 0 Å². The molecule has 4 aromatic rings. The first kappa shape index (κ1) is 18.7. The van der Waals surface area contributed by atoms with Crippen molar-refractivity contribution in [3.8, 4) is 10.3 Å². The molecule has 1 atom stereocenters. The molecule has 1 fully saturated rings. The molecule has 0 aliphatic carbocycles. The minimum atomic E-state index is 0.307. The van der Waals surface area contributed by atoms with Crippen LogP contribution in [0.3, 0.4) is 0 Å². The Morgan fingerprint density at radius 1 is 0.966 bits per heavy atom. The topological polar surface area (TPSA) is 48.1 Å². The molecule has 0 N–H and O–H groups in total. The second kappa shape index (κ2) is 8.62. The largest absolute Gasteiger partial charge is 0.377 e. The van der Waals surface area contributed by atoms with Crippen LogP contribution in [0, 0.1) is 0 Å². The molecule has 5 rings (SSSR count). The summed E-state index contributed by atoms with van der Waals surface area (Å²) in [5, 5.41) is 6.05. The van der Waals surface area contributed by atoms with Gasteiger partial charge in [0.25, 0.3) is 0 Å². The van der Waals surface area contributed by atoms with Crippen LogP contribution in [0.25, 0.3) is 10.3 Å². The lowest BCUT2D eigenvalue weighted by atomic mass is 10.2. The summed E-state index contributed by atoms with van der Waals surface area (Å²) in [7, 11) is 0. The summed E-state index contributed by atoms with van der Waals surface area (Å²) in [5.74, 6) is 0. The molecule has 5 heterocycles. The molecule has 0 aromatic carbocycles. The average molecular weight is 426 g/mol. The molecular formula is C21H23N5OS2. The predicted octanol–water partition coefficient (Wildman–Crippen LogP) is 4.36. The van der Waals surface area contributed by atoms with Crippen molar-refractivity contribution in [1.82, 2.24) is 24.0 Å². The number of thiazole rings is 2. The standard InChI is InChI=1S/C21H23N5OS2/c1-4-17(25(9-1)20-22-7-12-28-20)14-24(16-19-6-3-11-27-19)15-18-5-2-10-26(18)21-23-8-13-29-21/h1-2,4-5,7-10,12-13,19H,3,6,11,14-16H2. The van der Waals surface area contributed by atoms with Crippen LogP contribution < -0.4 is 0 Å². The molecule has 8 heteroatoms. The SMILES string of the molecule is c1cc(CN(Cc2cccn2-c2nccs2)CC2CCCO2)n(-c2nccs2)c1. The summed E-state index contributed by atoms with van der Waals surface area (Å²) in [5.41, 5.74) is 2.48. The van der Waals surface area contributed by atoms with Gasteiger partial charge in [-0.05, 0) is 37.1 Å². The van der Waals surface area contributed by atoms with Crippen molar-refractivity contribution in [1.29, 1.82) is 0 Å². The first-order valence-electron chi connectivity index (χ1n) is 9.83. The van der Waals surface area contributed by atoms with E-state index in [2.05, 4.69) is 60.7 Å². The Kier molecular flexibility index (Phi) is 5.58. The Morgan fingerprint density at radius 2 is 1.59 bits per heavy atom. The maximum Gasteiger partial charge on any atom is 0.193 e. The number of ether oxygens (including phenoxy) is 1. The summed E-state index contributed by atoms with van der Waals surface area (Å²) in [4.78, 5) is 11.4. The fourth-order valence-corrected chi connectivity index (χ4v) is 5.17. The highest BCUT2D eigenvalue weighted by Crippen LogP contribution is 2.22. The highest BCUT2D eigenvalue weighted by atomic mass is 32.1. The zero-order valence-corrected chi connectivity index (χ0v) is 17.7. The third kappa shape index (κ3) is 4.20. The molecule has 0 saturated carbocycles. The van der Waals surface area contributed by atoms with Crippen LogP contribution in [0.4, 0.5) is 0 Å². The minimum absolute atomic E-state index is 0.307. The first-order chi connectivity index (χ1) is 14.4. The smallest absolute Gasteiger partial charge is 0.193 e. The molecule has 0 radical (unpaired) electrons. The minimum Gasteiger partial charge on any atom is -0.377 e. The summed E-state index contributed by atoms with van der Waals surface area (Å²) >= 11 is 3.32. The van der Waals surface area contributed by atoms with Crippen molar-refractivity contribution in [2.24, 2.45) is 0 Å². The fraction of sp³-hybridized carbons (Fsp3) is 0.333. The molecule has 0 spiro atoms. The van der Waals surface area contributed by atoms with E-state index in [-0.39, 0.29) is 0 Å². The van der Waals surface area contributed by atoms with Crippen LogP contribution in [0.1, 0.15) is 24.2 Å². The van der Waals surface area contributed by atoms with Crippen molar-refractivity contribution >= 4 is 22.7 Å². The van der Waals surface area contributed by atoms with Gasteiger partial charge >= 0.3 is 0 Å². The molecule has 6 nitrogen and oxygen atoms in total. The highest BCUT2D eigenvalue weighted by molar-refractivity contribution is 7.12. The van der Waals surface area contributed by atoms with Crippen LogP contribution in [0.5, 0.6) is 0 Å². The Bertz CT molecular complexity index is 941. The van der Waals surface area contributed by atoms with Gasteiger partial charge in [0.05, 0.1) is 6.10 Å². The van der Waals surface area contributed by atoms with Gasteiger partial charge in [-0.3, -0.25) is 14.0 Å². The van der Waals surface area contributed by atoms with E-state index in [1.54, 1.807) is 22.7 Å². The third-order valence-corrected chi connectivity index (χ3v) is 6.72. The molecule has 0 bridgehead atoms. The maximum atomic E-state index is 5.95. The summed E-state index contributed by atoms with van der Waals surface area (Å²) in [6, 6.07) is 8.56. The van der Waals surface area contributed by atoms with Crippen LogP contribution >= 0.6 is 22.7 Å². The number of rotatable bonds is 8. The van der Waals surface area contributed by atoms with E-state index in [1.165, 1.54) is 11.4 Å². The first-order valence-corrected chi connectivity index (χ1v) is 11.6. The van der Waals surface area contributed by atoms with Gasteiger partial charge < -0.3 is 4.74 Å². The summed E-state index contributed by atoms with van der Waals surface area (Å²) in [6.45, 7) is 3.49. The molecule has 1 unspecified atom stereocenters. The molecule has 29 heavy (non-hydrogen) atoms. The van der Waals surface area contributed by atoms with Gasteiger partial charge in [-0.25, -0.2) is 9.97 Å². The Balaban J connectivity index is 1.39. The quantitative estimate of drug-likeness (QED) is 0.421. The zero-order valence-electron chi connectivity index (χ0n) is 16.1. The maximum absolute atomic E-state index is 5.95. The fourth-order valence-electron chi connectivity index (χ4n) is 3.85. The van der Waals surface area contributed by atoms with Crippen molar-refractivity contribution < 1.29 is 4.74 Å². The van der Waals surface area contributed by atoms with Gasteiger partial charge in [0.1, 0.15) is 0 Å². The van der Waals surface area contributed by atoms with Gasteiger partial charge in [0, 0.05) is 73.2 Å². The van der Waals surface area contributed by atoms with Crippen LogP contribution in [0.2, 0.25) is 0 Å². The summed E-state index contributed by atoms with van der Waals surface area (Å²) < 4.78 is 10.3. The average Bonchev–Trinajstić information content (AvgIpc) is 3.52. The lowest BCUT2D eigenvalue weighted by Gasteiger charge is -2.26. The third-order valence-electron chi connectivity index (χ3n) is 5.17. The molecular weight excluding hydrogens is 402 g/mol. The second-order valence-corrected chi connectivity index (χ2v) is 8.92. The normalized spacial score (nSPS) is 16.8. The molecule has 0 amide bonds. The molecule has 150 valence electrons. The van der Waals surface area contributed by atoms with Gasteiger partial charge in [0.15, 0.2) is 10.3 Å². The number of hydrogen-bond acceptors (Lipinski definition) is 6. The van der Waals surface area contributed by atoms with E-state index >= 15 is 0 Å². The zero-order chi connectivity index (χ0) is 19.5. The summed E-state index contributed by atoms with van der Waals surface area (Å²) in [6.07, 6.45) is 10.5. The van der Waals surface area contributed by atoms with Gasteiger partial charge in [-0.2, -0.15) is 0 Å². The van der Waals surface area contributed by atoms with Crippen molar-refractivity contribution in [3.63, 3.8) is 0 Å². The highest BCUT2D eigenvalue weighted by Gasteiger charge is 2.22. The van der Waals surface area contributed by atoms with Crippen LogP contribution in [-0.2, 0) is 17.8 Å². The van der Waals surface area contributed by atoms with Gasteiger partial charge in [-0.15, -0.1) is 22.7 Å². The van der Waals surface area contributed by atoms with E-state index in [9.17, 15) is 0 Å². The van der Waals surface area contributed by atoms with Crippen molar-refractivity contribution in [3.05, 3.63) is 71.2 Å². The van der Waals surface area contributed by atoms with E-state index in [1.807, 2.05) is 23.2 Å². The van der Waals surface area contributed by atoms with Crippen LogP contribution in [0.15, 0.2) is 59.8 Å². The Morgan fingerprint density at radius 3 is 2.07 bits per heavy atom. The molecule has 1 aliphatic heterocycles. The monoisotopic (exact) mass is 425 g/mol. The predicted molar refractivity (Wildman–Crippen MR) is 116 cm³/mol. The Labute approximate surface area is 178 Å². The molecule has 1 aliphatic rings. The van der Waals surface area contributed by atoms with Crippen molar-refractivity contribution in [2.45, 2.75) is 32.0 Å². The number of hydrogen-bond donors (Lipinski definition) is 0. The molecule has 4 aromatic heterocycles. The van der Waals surface area contributed by atoms with Crippen LogP contribution in [-0.4, -0.2) is 43.3 Å². The second-order valence-electron chi connectivity index (χ2n) is 7.17. The van der Waals surface area contributed by atoms with Crippen molar-refractivity contribution in [2.75, 3.05) is 13.2 Å². The van der Waals surface area contributed by atoms with Gasteiger partial charge in [0.2, 0.25) is 0 Å². The lowest BCUT2D eigenvalue weighted by Crippen LogP contribution is -2.32. The lowest BCUT2D eigenvalue weighted by molar-refractivity contribution is 0.0667. The van der Waals surface area contributed by atoms with E-state index in [0.717, 1.165) is 49.3 Å². The number of nitrogens with zero attached hydrogens (tertiary/aromatic N) is 5. The van der Waals surface area contributed by atoms with E-state index in [0.29, 0.717) is 6.10 Å². The van der Waals surface area contributed by atoms with Gasteiger partial charge in [-0.1, -0.05) is 0 Å². The number of aromatic nitrogens is 4. The molecule has 1 saturated heterocycles. The van der Waals surface area contributed by atoms with E-state index in [4.69, 9.17) is 4.74 Å². The Hall–Kier alpha value is -2.26.